The van der Waals surface area contributed by atoms with Crippen LogP contribution in [-0.4, -0.2) is 28.2 Å². The van der Waals surface area contributed by atoms with Crippen molar-refractivity contribution in [2.24, 2.45) is 0 Å². The average molecular weight is 409 g/mol. The number of methoxy groups -OCH3 is 1. The van der Waals surface area contributed by atoms with E-state index in [0.29, 0.717) is 15.7 Å². The van der Waals surface area contributed by atoms with Crippen molar-refractivity contribution in [2.45, 2.75) is 6.92 Å². The summed E-state index contributed by atoms with van der Waals surface area (Å²) in [6.07, 6.45) is 0. The van der Waals surface area contributed by atoms with E-state index in [1.807, 2.05) is 61.5 Å². The molecule has 0 saturated heterocycles. The van der Waals surface area contributed by atoms with E-state index in [9.17, 15) is 4.79 Å². The Balaban J connectivity index is 1.52. The second-order valence-electron chi connectivity index (χ2n) is 5.89. The Morgan fingerprint density at radius 3 is 2.36 bits per heavy atom. The highest BCUT2D eigenvalue weighted by molar-refractivity contribution is 7.19. The minimum Gasteiger partial charge on any atom is -0.497 e. The predicted molar refractivity (Wildman–Crippen MR) is 112 cm³/mol. The Kier molecular flexibility index (Phi) is 5.14. The molecule has 0 unspecified atom stereocenters. The lowest BCUT2D eigenvalue weighted by molar-refractivity contribution is 0.102. The maximum Gasteiger partial charge on any atom is 0.269 e. The summed E-state index contributed by atoms with van der Waals surface area (Å²) in [7, 11) is 1.63. The van der Waals surface area contributed by atoms with E-state index in [0.717, 1.165) is 26.9 Å². The van der Waals surface area contributed by atoms with Crippen molar-refractivity contribution in [3.8, 4) is 26.9 Å². The van der Waals surface area contributed by atoms with E-state index in [-0.39, 0.29) is 5.91 Å². The Bertz CT molecular complexity index is 1100. The number of ether oxygens (including phenoxy) is 1. The van der Waals surface area contributed by atoms with E-state index in [4.69, 9.17) is 4.74 Å². The minimum absolute atomic E-state index is 0.231. The number of aryl methyl sites for hydroxylation is 1. The van der Waals surface area contributed by atoms with Crippen molar-refractivity contribution in [1.82, 2.24) is 15.2 Å². The first-order chi connectivity index (χ1) is 13.6. The van der Waals surface area contributed by atoms with Crippen LogP contribution in [0.5, 0.6) is 5.75 Å². The number of carbonyl (C=O) groups is 1. The molecule has 0 aliphatic rings. The van der Waals surface area contributed by atoms with Crippen LogP contribution in [0.4, 0.5) is 5.13 Å². The zero-order valence-corrected chi connectivity index (χ0v) is 16.8. The van der Waals surface area contributed by atoms with Crippen molar-refractivity contribution in [3.63, 3.8) is 0 Å². The molecule has 28 heavy (non-hydrogen) atoms. The molecule has 1 N–H and O–H groups in total. The predicted octanol–water partition coefficient (Wildman–Crippen LogP) is 4.90. The van der Waals surface area contributed by atoms with Crippen LogP contribution in [0, 0.1) is 6.92 Å². The molecule has 0 bridgehead atoms. The molecule has 1 amide bonds. The van der Waals surface area contributed by atoms with Crippen LogP contribution >= 0.6 is 22.7 Å². The number of carbonyl (C=O) groups excluding carboxylic acids is 1. The normalized spacial score (nSPS) is 10.6. The summed E-state index contributed by atoms with van der Waals surface area (Å²) < 4.78 is 5.18. The van der Waals surface area contributed by atoms with Gasteiger partial charge >= 0.3 is 0 Å². The first-order valence-corrected chi connectivity index (χ1v) is 10.1. The number of hydrogen-bond donors (Lipinski definition) is 1. The highest BCUT2D eigenvalue weighted by Crippen LogP contribution is 2.31. The summed E-state index contributed by atoms with van der Waals surface area (Å²) in [6.45, 7) is 1.83. The number of amides is 1. The van der Waals surface area contributed by atoms with Crippen molar-refractivity contribution >= 4 is 33.7 Å². The Morgan fingerprint density at radius 1 is 0.929 bits per heavy atom. The van der Waals surface area contributed by atoms with Crippen LogP contribution in [0.15, 0.2) is 54.6 Å². The van der Waals surface area contributed by atoms with Gasteiger partial charge in [0.2, 0.25) is 5.13 Å². The zero-order chi connectivity index (χ0) is 19.5. The van der Waals surface area contributed by atoms with Crippen LogP contribution < -0.4 is 10.1 Å². The fourth-order valence-corrected chi connectivity index (χ4v) is 4.30. The molecule has 0 atom stereocenters. The molecule has 2 aromatic carbocycles. The average Bonchev–Trinajstić information content (AvgIpc) is 3.35. The SMILES string of the molecule is COc1ccc(-c2nc(C)c(C(=O)Nc3nnc(-c4ccccc4)s3)s2)cc1. The molecule has 0 saturated carbocycles. The van der Waals surface area contributed by atoms with Gasteiger partial charge in [-0.15, -0.1) is 21.5 Å². The second kappa shape index (κ2) is 7.87. The van der Waals surface area contributed by atoms with Gasteiger partial charge in [0.25, 0.3) is 5.91 Å². The summed E-state index contributed by atoms with van der Waals surface area (Å²) in [5, 5.41) is 13.1. The molecule has 0 aliphatic heterocycles. The zero-order valence-electron chi connectivity index (χ0n) is 15.2. The molecular formula is C20H16N4O2S2. The second-order valence-corrected chi connectivity index (χ2v) is 7.87. The van der Waals surface area contributed by atoms with Gasteiger partial charge in [-0.1, -0.05) is 41.7 Å². The number of hydrogen-bond acceptors (Lipinski definition) is 7. The molecule has 4 aromatic rings. The van der Waals surface area contributed by atoms with Crippen LogP contribution in [0.3, 0.4) is 0 Å². The lowest BCUT2D eigenvalue weighted by Gasteiger charge is -2.00. The molecule has 4 rings (SSSR count). The van der Waals surface area contributed by atoms with E-state index in [1.165, 1.54) is 22.7 Å². The maximum atomic E-state index is 12.7. The molecule has 2 heterocycles. The lowest BCUT2D eigenvalue weighted by Crippen LogP contribution is -2.11. The van der Waals surface area contributed by atoms with Gasteiger partial charge in [-0.2, -0.15) is 0 Å². The number of anilines is 1. The van der Waals surface area contributed by atoms with Gasteiger partial charge in [-0.05, 0) is 31.2 Å². The first-order valence-electron chi connectivity index (χ1n) is 8.46. The van der Waals surface area contributed by atoms with Gasteiger partial charge in [0.05, 0.1) is 12.8 Å². The standard InChI is InChI=1S/C20H16N4O2S2/c1-12-16(27-18(21-12)14-8-10-15(26-2)11-9-14)17(25)22-20-24-23-19(28-20)13-6-4-3-5-7-13/h3-11H,1-2H3,(H,22,24,25). The van der Waals surface area contributed by atoms with Crippen molar-refractivity contribution in [1.29, 1.82) is 0 Å². The molecule has 0 spiro atoms. The first kappa shape index (κ1) is 18.3. The van der Waals surface area contributed by atoms with Crippen molar-refractivity contribution in [2.75, 3.05) is 12.4 Å². The van der Waals surface area contributed by atoms with Gasteiger partial charge in [-0.25, -0.2) is 4.98 Å². The Labute approximate surface area is 169 Å². The molecule has 2 aromatic heterocycles. The van der Waals surface area contributed by atoms with E-state index < -0.39 is 0 Å². The fourth-order valence-electron chi connectivity index (χ4n) is 2.59. The van der Waals surface area contributed by atoms with Crippen molar-refractivity contribution < 1.29 is 9.53 Å². The van der Waals surface area contributed by atoms with Crippen LogP contribution in [0.1, 0.15) is 15.4 Å². The highest BCUT2D eigenvalue weighted by Gasteiger charge is 2.18. The van der Waals surface area contributed by atoms with Gasteiger partial charge in [0.15, 0.2) is 0 Å². The number of thiazole rings is 1. The third-order valence-electron chi connectivity index (χ3n) is 4.01. The molecule has 0 aliphatic carbocycles. The van der Waals surface area contributed by atoms with Crippen LogP contribution in [0.2, 0.25) is 0 Å². The van der Waals surface area contributed by atoms with Gasteiger partial charge in [0.1, 0.15) is 20.6 Å². The summed E-state index contributed by atoms with van der Waals surface area (Å²) in [5.41, 5.74) is 2.59. The highest BCUT2D eigenvalue weighted by atomic mass is 32.1. The molecule has 0 fully saturated rings. The summed E-state index contributed by atoms with van der Waals surface area (Å²) >= 11 is 2.69. The maximum absolute atomic E-state index is 12.7. The summed E-state index contributed by atoms with van der Waals surface area (Å²) in [5.74, 6) is 0.547. The minimum atomic E-state index is -0.231. The molecule has 0 radical (unpaired) electrons. The van der Waals surface area contributed by atoms with E-state index >= 15 is 0 Å². The Morgan fingerprint density at radius 2 is 1.64 bits per heavy atom. The van der Waals surface area contributed by atoms with Gasteiger partial charge in [0, 0.05) is 11.1 Å². The van der Waals surface area contributed by atoms with E-state index in [2.05, 4.69) is 20.5 Å². The molecule has 6 nitrogen and oxygen atoms in total. The summed E-state index contributed by atoms with van der Waals surface area (Å²) in [4.78, 5) is 17.8. The van der Waals surface area contributed by atoms with Gasteiger partial charge < -0.3 is 4.74 Å². The third kappa shape index (κ3) is 3.78. The summed E-state index contributed by atoms with van der Waals surface area (Å²) in [6, 6.07) is 17.3. The molecular weight excluding hydrogens is 392 g/mol. The monoisotopic (exact) mass is 408 g/mol. The fraction of sp³-hybridized carbons (Fsp3) is 0.100. The molecule has 8 heteroatoms. The number of nitrogens with one attached hydrogen (secondary N) is 1. The quantitative estimate of drug-likeness (QED) is 0.508. The largest absolute Gasteiger partial charge is 0.497 e. The number of nitrogens with zero attached hydrogens (tertiary/aromatic N) is 3. The smallest absolute Gasteiger partial charge is 0.269 e. The number of rotatable bonds is 5. The molecule has 140 valence electrons. The Hall–Kier alpha value is -3.10. The van der Waals surface area contributed by atoms with E-state index in [1.54, 1.807) is 7.11 Å². The van der Waals surface area contributed by atoms with Crippen LogP contribution in [0.25, 0.3) is 21.1 Å². The lowest BCUT2D eigenvalue weighted by atomic mass is 10.2. The number of aromatic nitrogens is 3. The van der Waals surface area contributed by atoms with Gasteiger partial charge in [-0.3, -0.25) is 10.1 Å². The number of benzene rings is 2. The third-order valence-corrected chi connectivity index (χ3v) is 6.10. The van der Waals surface area contributed by atoms with Crippen molar-refractivity contribution in [3.05, 3.63) is 65.2 Å². The van der Waals surface area contributed by atoms with Crippen LogP contribution in [-0.2, 0) is 0 Å². The topological polar surface area (TPSA) is 77.0 Å².